The lowest BCUT2D eigenvalue weighted by atomic mass is 9.99. The fraction of sp³-hybridized carbons (Fsp3) is 0.118. The molecule has 0 radical (unpaired) electrons. The molecular formula is C17H13IO2. The minimum Gasteiger partial charge on any atom is -0.460 e. The summed E-state index contributed by atoms with van der Waals surface area (Å²) in [5.41, 5.74) is 2.18. The molecule has 100 valence electrons. The van der Waals surface area contributed by atoms with Crippen molar-refractivity contribution in [2.24, 2.45) is 0 Å². The summed E-state index contributed by atoms with van der Waals surface area (Å²) in [6.45, 7) is 2.00. The van der Waals surface area contributed by atoms with Crippen LogP contribution in [0.4, 0.5) is 0 Å². The van der Waals surface area contributed by atoms with E-state index < -0.39 is 0 Å². The number of aryl methyl sites for hydroxylation is 1. The van der Waals surface area contributed by atoms with Crippen molar-refractivity contribution in [1.29, 1.82) is 0 Å². The predicted molar refractivity (Wildman–Crippen MR) is 88.2 cm³/mol. The molecule has 0 fully saturated rings. The van der Waals surface area contributed by atoms with E-state index >= 15 is 0 Å². The van der Waals surface area contributed by atoms with E-state index in [1.54, 1.807) is 0 Å². The van der Waals surface area contributed by atoms with E-state index in [1.165, 1.54) is 0 Å². The molecule has 3 rings (SSSR count). The molecule has 0 saturated heterocycles. The third-order valence-corrected chi connectivity index (χ3v) is 3.97. The molecule has 0 atom stereocenters. The van der Waals surface area contributed by atoms with E-state index in [9.17, 15) is 4.79 Å². The Kier molecular flexibility index (Phi) is 3.61. The molecule has 1 aromatic heterocycles. The second kappa shape index (κ2) is 5.40. The van der Waals surface area contributed by atoms with Gasteiger partial charge in [0.05, 0.1) is 5.56 Å². The van der Waals surface area contributed by atoms with E-state index in [4.69, 9.17) is 4.42 Å². The zero-order valence-corrected chi connectivity index (χ0v) is 13.2. The second-order valence-corrected chi connectivity index (χ2v) is 5.84. The highest BCUT2D eigenvalue weighted by Gasteiger charge is 2.20. The Labute approximate surface area is 130 Å². The average Bonchev–Trinajstić information content (AvgIpc) is 2.85. The minimum atomic E-state index is 0.0327. The van der Waals surface area contributed by atoms with Crippen molar-refractivity contribution < 1.29 is 9.21 Å². The maximum absolute atomic E-state index is 12.8. The first kappa shape index (κ1) is 13.4. The van der Waals surface area contributed by atoms with Crippen LogP contribution in [-0.2, 0) is 6.42 Å². The highest BCUT2D eigenvalue weighted by molar-refractivity contribution is 14.1. The van der Waals surface area contributed by atoms with Crippen molar-refractivity contribution in [2.45, 2.75) is 13.3 Å². The van der Waals surface area contributed by atoms with Crippen molar-refractivity contribution in [3.8, 4) is 0 Å². The summed E-state index contributed by atoms with van der Waals surface area (Å²) in [6, 6.07) is 15.3. The number of carbonyl (C=O) groups excluding carboxylic acids is 1. The molecule has 0 bridgehead atoms. The first-order valence-corrected chi connectivity index (χ1v) is 7.59. The number of carbonyl (C=O) groups is 1. The van der Waals surface area contributed by atoms with Gasteiger partial charge in [-0.1, -0.05) is 37.3 Å². The molecule has 0 aliphatic carbocycles. The van der Waals surface area contributed by atoms with E-state index in [1.807, 2.05) is 55.5 Å². The molecule has 20 heavy (non-hydrogen) atoms. The van der Waals surface area contributed by atoms with E-state index in [0.29, 0.717) is 17.5 Å². The number of fused-ring (bicyclic) bond motifs is 1. The second-order valence-electron chi connectivity index (χ2n) is 4.59. The van der Waals surface area contributed by atoms with Gasteiger partial charge in [0.15, 0.2) is 5.78 Å². The van der Waals surface area contributed by atoms with Gasteiger partial charge in [-0.05, 0) is 40.8 Å². The van der Waals surface area contributed by atoms with Gasteiger partial charge in [0, 0.05) is 20.9 Å². The molecule has 0 N–H and O–H groups in total. The highest BCUT2D eigenvalue weighted by atomic mass is 127. The zero-order valence-electron chi connectivity index (χ0n) is 11.0. The number of hydrogen-bond donors (Lipinski definition) is 0. The van der Waals surface area contributed by atoms with Gasteiger partial charge in [0.25, 0.3) is 0 Å². The maximum atomic E-state index is 12.8. The van der Waals surface area contributed by atoms with E-state index in [0.717, 1.165) is 20.3 Å². The number of benzene rings is 2. The van der Waals surface area contributed by atoms with Crippen LogP contribution in [0.5, 0.6) is 0 Å². The van der Waals surface area contributed by atoms with Gasteiger partial charge < -0.3 is 4.42 Å². The van der Waals surface area contributed by atoms with Crippen LogP contribution in [0.3, 0.4) is 0 Å². The summed E-state index contributed by atoms with van der Waals surface area (Å²) >= 11 is 2.22. The van der Waals surface area contributed by atoms with Gasteiger partial charge in [-0.3, -0.25) is 4.79 Å². The number of ketones is 1. The van der Waals surface area contributed by atoms with Crippen LogP contribution in [0, 0.1) is 3.57 Å². The lowest BCUT2D eigenvalue weighted by Gasteiger charge is -2.02. The number of rotatable bonds is 3. The van der Waals surface area contributed by atoms with Gasteiger partial charge in [-0.2, -0.15) is 0 Å². The van der Waals surface area contributed by atoms with Crippen molar-refractivity contribution in [1.82, 2.24) is 0 Å². The zero-order chi connectivity index (χ0) is 14.1. The van der Waals surface area contributed by atoms with Gasteiger partial charge in [0.1, 0.15) is 11.3 Å². The summed E-state index contributed by atoms with van der Waals surface area (Å²) in [5.74, 6) is 0.792. The lowest BCUT2D eigenvalue weighted by molar-refractivity contribution is 0.103. The van der Waals surface area contributed by atoms with Crippen LogP contribution in [0.15, 0.2) is 52.9 Å². The summed E-state index contributed by atoms with van der Waals surface area (Å²) in [6.07, 6.45) is 0.708. The van der Waals surface area contributed by atoms with Crippen LogP contribution in [-0.4, -0.2) is 5.78 Å². The smallest absolute Gasteiger partial charge is 0.197 e. The normalized spacial score (nSPS) is 10.9. The number of hydrogen-bond acceptors (Lipinski definition) is 2. The third-order valence-electron chi connectivity index (χ3n) is 3.30. The Balaban J connectivity index is 2.20. The molecule has 0 spiro atoms. The Bertz CT molecular complexity index is 787. The van der Waals surface area contributed by atoms with Gasteiger partial charge >= 0.3 is 0 Å². The van der Waals surface area contributed by atoms with Gasteiger partial charge in [-0.15, -0.1) is 0 Å². The number of para-hydroxylation sites is 1. The largest absolute Gasteiger partial charge is 0.460 e. The summed E-state index contributed by atoms with van der Waals surface area (Å²) < 4.78 is 6.85. The Hall–Kier alpha value is -1.62. The molecule has 2 aromatic carbocycles. The predicted octanol–water partition coefficient (Wildman–Crippen LogP) is 4.83. The van der Waals surface area contributed by atoms with Crippen molar-refractivity contribution in [3.63, 3.8) is 0 Å². The molecule has 0 amide bonds. The molecule has 1 heterocycles. The third kappa shape index (κ3) is 2.26. The average molecular weight is 376 g/mol. The lowest BCUT2D eigenvalue weighted by Crippen LogP contribution is -2.03. The van der Waals surface area contributed by atoms with Crippen LogP contribution in [0.2, 0.25) is 0 Å². The first-order chi connectivity index (χ1) is 9.70. The maximum Gasteiger partial charge on any atom is 0.197 e. The molecule has 2 nitrogen and oxygen atoms in total. The van der Waals surface area contributed by atoms with Crippen LogP contribution in [0.25, 0.3) is 11.0 Å². The highest BCUT2D eigenvalue weighted by Crippen LogP contribution is 2.28. The molecule has 3 heteroatoms. The van der Waals surface area contributed by atoms with Crippen molar-refractivity contribution in [2.75, 3.05) is 0 Å². The fourth-order valence-corrected chi connectivity index (χ4v) is 2.91. The SMILES string of the molecule is CCc1oc2ccccc2c1C(=O)c1cccc(I)c1. The van der Waals surface area contributed by atoms with Crippen LogP contribution < -0.4 is 0 Å². The molecule has 3 aromatic rings. The van der Waals surface area contributed by atoms with Crippen LogP contribution in [0.1, 0.15) is 28.6 Å². The molecular weight excluding hydrogens is 363 g/mol. The molecule has 0 aliphatic rings. The molecule has 0 saturated carbocycles. The summed E-state index contributed by atoms with van der Waals surface area (Å²) in [4.78, 5) is 12.8. The monoisotopic (exact) mass is 376 g/mol. The van der Waals surface area contributed by atoms with E-state index in [-0.39, 0.29) is 5.78 Å². The molecule has 0 aliphatic heterocycles. The van der Waals surface area contributed by atoms with E-state index in [2.05, 4.69) is 22.6 Å². The fourth-order valence-electron chi connectivity index (χ4n) is 2.37. The van der Waals surface area contributed by atoms with Gasteiger partial charge in [0.2, 0.25) is 0 Å². The minimum absolute atomic E-state index is 0.0327. The molecule has 0 unspecified atom stereocenters. The van der Waals surface area contributed by atoms with Crippen molar-refractivity contribution >= 4 is 39.3 Å². The Morgan fingerprint density at radius 3 is 2.70 bits per heavy atom. The van der Waals surface area contributed by atoms with Gasteiger partial charge in [-0.25, -0.2) is 0 Å². The standard InChI is InChI=1S/C17H13IO2/c1-2-14-16(13-8-3-4-9-15(13)20-14)17(19)11-6-5-7-12(18)10-11/h3-10H,2H2,1H3. The van der Waals surface area contributed by atoms with Crippen molar-refractivity contribution in [3.05, 3.63) is 69.0 Å². The quantitative estimate of drug-likeness (QED) is 0.484. The first-order valence-electron chi connectivity index (χ1n) is 6.51. The topological polar surface area (TPSA) is 30.2 Å². The number of halogens is 1. The number of furan rings is 1. The Morgan fingerprint density at radius 2 is 1.95 bits per heavy atom. The summed E-state index contributed by atoms with van der Waals surface area (Å²) in [7, 11) is 0. The Morgan fingerprint density at radius 1 is 1.15 bits per heavy atom. The van der Waals surface area contributed by atoms with Crippen LogP contribution >= 0.6 is 22.6 Å². The summed E-state index contributed by atoms with van der Waals surface area (Å²) in [5, 5.41) is 0.896.